The molecule has 0 aliphatic carbocycles. The predicted molar refractivity (Wildman–Crippen MR) is 97.0 cm³/mol. The summed E-state index contributed by atoms with van der Waals surface area (Å²) in [5.74, 6) is -0.432. The van der Waals surface area contributed by atoms with E-state index in [4.69, 9.17) is 5.73 Å². The van der Waals surface area contributed by atoms with Gasteiger partial charge in [-0.05, 0) is 37.1 Å². The molecule has 0 radical (unpaired) electrons. The first kappa shape index (κ1) is 16.8. The van der Waals surface area contributed by atoms with Crippen molar-refractivity contribution in [3.05, 3.63) is 63.7 Å². The van der Waals surface area contributed by atoms with Gasteiger partial charge in [-0.25, -0.2) is 0 Å². The minimum Gasteiger partial charge on any atom is -0.380 e. The van der Waals surface area contributed by atoms with Crippen molar-refractivity contribution < 1.29 is 9.72 Å². The van der Waals surface area contributed by atoms with Gasteiger partial charge in [-0.2, -0.15) is 0 Å². The summed E-state index contributed by atoms with van der Waals surface area (Å²) in [6, 6.07) is 12.3. The number of aryl methyl sites for hydroxylation is 1. The van der Waals surface area contributed by atoms with Crippen LogP contribution in [0.2, 0.25) is 0 Å². The van der Waals surface area contributed by atoms with E-state index < -0.39 is 10.8 Å². The molecule has 1 aliphatic rings. The minimum atomic E-state index is -0.432. The third-order valence-electron chi connectivity index (χ3n) is 4.48. The van der Waals surface area contributed by atoms with Gasteiger partial charge in [0.2, 0.25) is 0 Å². The van der Waals surface area contributed by atoms with Gasteiger partial charge in [-0.15, -0.1) is 0 Å². The number of nitro benzene ring substituents is 1. The molecule has 0 aromatic heterocycles. The molecule has 1 atom stereocenters. The van der Waals surface area contributed by atoms with Crippen molar-refractivity contribution >= 4 is 23.0 Å². The van der Waals surface area contributed by atoms with Crippen molar-refractivity contribution in [3.8, 4) is 0 Å². The van der Waals surface area contributed by atoms with Crippen LogP contribution in [0, 0.1) is 17.0 Å². The first-order chi connectivity index (χ1) is 12.0. The van der Waals surface area contributed by atoms with Crippen molar-refractivity contribution in [2.75, 3.05) is 23.3 Å². The molecular weight excluding hydrogens is 320 g/mol. The zero-order valence-electron chi connectivity index (χ0n) is 13.9. The summed E-state index contributed by atoms with van der Waals surface area (Å²) in [5, 5.41) is 14.3. The van der Waals surface area contributed by atoms with Gasteiger partial charge in [0.05, 0.1) is 10.5 Å². The van der Waals surface area contributed by atoms with Gasteiger partial charge < -0.3 is 16.0 Å². The number of hydrogen-bond acceptors (Lipinski definition) is 5. The molecule has 0 spiro atoms. The summed E-state index contributed by atoms with van der Waals surface area (Å²) in [6.07, 6.45) is 0.906. The Labute approximate surface area is 145 Å². The molecule has 1 unspecified atom stereocenters. The van der Waals surface area contributed by atoms with Gasteiger partial charge in [0.25, 0.3) is 11.6 Å². The zero-order chi connectivity index (χ0) is 18.0. The van der Waals surface area contributed by atoms with E-state index in [1.165, 1.54) is 6.07 Å². The molecule has 1 amide bonds. The molecule has 130 valence electrons. The number of nitro groups is 1. The molecule has 2 aromatic rings. The van der Waals surface area contributed by atoms with Crippen LogP contribution in [0.15, 0.2) is 42.5 Å². The van der Waals surface area contributed by atoms with Crippen molar-refractivity contribution in [2.45, 2.75) is 19.4 Å². The fourth-order valence-corrected chi connectivity index (χ4v) is 3.20. The smallest absolute Gasteiger partial charge is 0.269 e. The number of nitrogens with two attached hydrogens (primary N) is 1. The highest BCUT2D eigenvalue weighted by molar-refractivity contribution is 5.98. The van der Waals surface area contributed by atoms with E-state index >= 15 is 0 Å². The third-order valence-corrected chi connectivity index (χ3v) is 4.48. The lowest BCUT2D eigenvalue weighted by atomic mass is 10.1. The standard InChI is InChI=1S/C18H20N4O3/c1-12-10-14(22(24)25)6-7-16(12)20-13-8-9-21(11-13)17-5-3-2-4-15(17)18(19)23/h2-7,10,13,20H,8-9,11H2,1H3,(H2,19,23). The van der Waals surface area contributed by atoms with Crippen LogP contribution in [-0.2, 0) is 0 Å². The van der Waals surface area contributed by atoms with Crippen LogP contribution < -0.4 is 16.0 Å². The Morgan fingerprint density at radius 1 is 1.32 bits per heavy atom. The molecule has 7 heteroatoms. The van der Waals surface area contributed by atoms with E-state index in [9.17, 15) is 14.9 Å². The van der Waals surface area contributed by atoms with Gasteiger partial charge in [0, 0.05) is 42.6 Å². The molecule has 25 heavy (non-hydrogen) atoms. The number of nitrogens with one attached hydrogen (secondary N) is 1. The number of nitrogens with zero attached hydrogens (tertiary/aromatic N) is 2. The number of primary amides is 1. The lowest BCUT2D eigenvalue weighted by molar-refractivity contribution is -0.384. The van der Waals surface area contributed by atoms with Crippen LogP contribution >= 0.6 is 0 Å². The highest BCUT2D eigenvalue weighted by Crippen LogP contribution is 2.27. The van der Waals surface area contributed by atoms with E-state index in [-0.39, 0.29) is 11.7 Å². The zero-order valence-corrected chi connectivity index (χ0v) is 13.9. The SMILES string of the molecule is Cc1cc([N+](=O)[O-])ccc1NC1CCN(c2ccccc2C(N)=O)C1. The van der Waals surface area contributed by atoms with Crippen LogP contribution in [0.1, 0.15) is 22.3 Å². The highest BCUT2D eigenvalue weighted by atomic mass is 16.6. The first-order valence-electron chi connectivity index (χ1n) is 8.11. The topological polar surface area (TPSA) is 102 Å². The first-order valence-corrected chi connectivity index (χ1v) is 8.11. The van der Waals surface area contributed by atoms with Crippen molar-refractivity contribution in [2.24, 2.45) is 5.73 Å². The molecule has 1 fully saturated rings. The summed E-state index contributed by atoms with van der Waals surface area (Å²) in [5.41, 5.74) is 8.65. The summed E-state index contributed by atoms with van der Waals surface area (Å²) < 4.78 is 0. The normalized spacial score (nSPS) is 16.7. The van der Waals surface area contributed by atoms with Gasteiger partial charge in [0.15, 0.2) is 0 Å². The van der Waals surface area contributed by atoms with E-state index in [0.29, 0.717) is 5.56 Å². The number of non-ortho nitro benzene ring substituents is 1. The molecule has 1 heterocycles. The summed E-state index contributed by atoms with van der Waals surface area (Å²) >= 11 is 0. The molecule has 3 rings (SSSR count). The Kier molecular flexibility index (Phi) is 4.56. The Bertz CT molecular complexity index is 822. The highest BCUT2D eigenvalue weighted by Gasteiger charge is 2.25. The lowest BCUT2D eigenvalue weighted by Gasteiger charge is -2.22. The predicted octanol–water partition coefficient (Wildman–Crippen LogP) is 2.69. The molecule has 2 aromatic carbocycles. The van der Waals surface area contributed by atoms with Crippen LogP contribution in [0.5, 0.6) is 0 Å². The Morgan fingerprint density at radius 3 is 2.76 bits per heavy atom. The molecular formula is C18H20N4O3. The number of anilines is 2. The van der Waals surface area contributed by atoms with Crippen LogP contribution in [0.3, 0.4) is 0 Å². The minimum absolute atomic E-state index is 0.0893. The fraction of sp³-hybridized carbons (Fsp3) is 0.278. The number of benzene rings is 2. The van der Waals surface area contributed by atoms with E-state index in [2.05, 4.69) is 10.2 Å². The molecule has 1 aliphatic heterocycles. The van der Waals surface area contributed by atoms with Crippen LogP contribution in [-0.4, -0.2) is 30.0 Å². The van der Waals surface area contributed by atoms with E-state index in [0.717, 1.165) is 36.4 Å². The lowest BCUT2D eigenvalue weighted by Crippen LogP contribution is -2.28. The number of rotatable bonds is 5. The molecule has 1 saturated heterocycles. The van der Waals surface area contributed by atoms with Crippen LogP contribution in [0.25, 0.3) is 0 Å². The maximum Gasteiger partial charge on any atom is 0.269 e. The molecule has 0 saturated carbocycles. The number of carbonyl (C=O) groups excluding carboxylic acids is 1. The maximum absolute atomic E-state index is 11.6. The molecule has 7 nitrogen and oxygen atoms in total. The summed E-state index contributed by atoms with van der Waals surface area (Å²) in [4.78, 5) is 24.2. The largest absolute Gasteiger partial charge is 0.380 e. The monoisotopic (exact) mass is 340 g/mol. The summed E-state index contributed by atoms with van der Waals surface area (Å²) in [7, 11) is 0. The van der Waals surface area contributed by atoms with Crippen LogP contribution in [0.4, 0.5) is 17.1 Å². The van der Waals surface area contributed by atoms with Gasteiger partial charge >= 0.3 is 0 Å². The maximum atomic E-state index is 11.6. The van der Waals surface area contributed by atoms with Crippen molar-refractivity contribution in [3.63, 3.8) is 0 Å². The van der Waals surface area contributed by atoms with Crippen molar-refractivity contribution in [1.29, 1.82) is 0 Å². The van der Waals surface area contributed by atoms with E-state index in [1.807, 2.05) is 19.1 Å². The number of para-hydroxylation sites is 1. The quantitative estimate of drug-likeness (QED) is 0.643. The summed E-state index contributed by atoms with van der Waals surface area (Å²) in [6.45, 7) is 3.40. The Balaban J connectivity index is 1.72. The Hall–Kier alpha value is -3.09. The molecule has 3 N–H and O–H groups in total. The fourth-order valence-electron chi connectivity index (χ4n) is 3.20. The van der Waals surface area contributed by atoms with Gasteiger partial charge in [-0.3, -0.25) is 14.9 Å². The second-order valence-electron chi connectivity index (χ2n) is 6.21. The number of hydrogen-bond donors (Lipinski definition) is 2. The Morgan fingerprint density at radius 2 is 2.08 bits per heavy atom. The average molecular weight is 340 g/mol. The van der Waals surface area contributed by atoms with Gasteiger partial charge in [-0.1, -0.05) is 12.1 Å². The number of amides is 1. The van der Waals surface area contributed by atoms with Gasteiger partial charge in [0.1, 0.15) is 0 Å². The average Bonchev–Trinajstić information content (AvgIpc) is 3.05. The second-order valence-corrected chi connectivity index (χ2v) is 6.21. The second kappa shape index (κ2) is 6.80. The third kappa shape index (κ3) is 3.55. The number of carbonyl (C=O) groups is 1. The van der Waals surface area contributed by atoms with Crippen molar-refractivity contribution in [1.82, 2.24) is 0 Å². The van der Waals surface area contributed by atoms with E-state index in [1.54, 1.807) is 24.3 Å². The molecule has 0 bridgehead atoms.